The van der Waals surface area contributed by atoms with E-state index in [0.717, 1.165) is 5.57 Å². The van der Waals surface area contributed by atoms with Crippen LogP contribution in [0.3, 0.4) is 0 Å². The van der Waals surface area contributed by atoms with Crippen molar-refractivity contribution in [1.82, 2.24) is 10.6 Å². The van der Waals surface area contributed by atoms with Crippen molar-refractivity contribution in [3.8, 4) is 0 Å². The standard InChI is InChI=1S/C38H65N5O13/c1-21-19-38(52-7,56-23(3)22(21)2)30(47)33(48)43-34-29-28(53-20-54-34)32(51-6)37(4,5)31(55-29)27(46)16-11-15-26(45)25(44)14-9-8-10-17-41-24(35(49)50)13-12-18-42-36(39)40/h8-10,14,22-32,34,41,44-47H,1,11-13,15-20H2,2-7H3,(H,43,48)(H,49,50)(H4,39,40,42)/b10-8+,14-9+/t22-,23-,24+,25-,26+,27-,28+,29+,30-,31-,32-,34+,38-/m1/s1. The summed E-state index contributed by atoms with van der Waals surface area (Å²) in [5.41, 5.74) is 10.6. The highest BCUT2D eigenvalue weighted by molar-refractivity contribution is 5.82. The van der Waals surface area contributed by atoms with Crippen LogP contribution in [-0.2, 0) is 38.0 Å². The van der Waals surface area contributed by atoms with Crippen molar-refractivity contribution >= 4 is 17.8 Å². The minimum Gasteiger partial charge on any atom is -0.480 e. The first-order valence-corrected chi connectivity index (χ1v) is 19.1. The van der Waals surface area contributed by atoms with Gasteiger partial charge in [0.05, 0.1) is 36.6 Å². The molecule has 3 saturated heterocycles. The number of aliphatic hydroxyl groups excluding tert-OH is 4. The molecule has 13 atom stereocenters. The number of methoxy groups -OCH3 is 2. The van der Waals surface area contributed by atoms with E-state index in [1.54, 1.807) is 18.2 Å². The maximum absolute atomic E-state index is 13.5. The summed E-state index contributed by atoms with van der Waals surface area (Å²) in [6.45, 7) is 12.0. The number of carbonyl (C=O) groups is 2. The molecule has 0 unspecified atom stereocenters. The first-order valence-electron chi connectivity index (χ1n) is 19.1. The second kappa shape index (κ2) is 21.7. The lowest BCUT2D eigenvalue weighted by atomic mass is 9.71. The summed E-state index contributed by atoms with van der Waals surface area (Å²) in [7, 11) is 2.88. The van der Waals surface area contributed by atoms with Gasteiger partial charge >= 0.3 is 5.97 Å². The highest BCUT2D eigenvalue weighted by atomic mass is 16.7. The number of aliphatic hydroxyl groups is 4. The van der Waals surface area contributed by atoms with E-state index >= 15 is 0 Å². The number of nitrogens with one attached hydrogen (secondary N) is 2. The maximum Gasteiger partial charge on any atom is 0.320 e. The summed E-state index contributed by atoms with van der Waals surface area (Å²) in [5.74, 6) is -3.52. The van der Waals surface area contributed by atoms with Crippen molar-refractivity contribution in [1.29, 1.82) is 0 Å². The van der Waals surface area contributed by atoms with Crippen LogP contribution in [0.15, 0.2) is 41.4 Å². The monoisotopic (exact) mass is 799 g/mol. The Morgan fingerprint density at radius 2 is 1.77 bits per heavy atom. The van der Waals surface area contributed by atoms with E-state index in [9.17, 15) is 35.1 Å². The molecule has 18 nitrogen and oxygen atoms in total. The zero-order valence-electron chi connectivity index (χ0n) is 33.4. The Bertz CT molecular complexity index is 1380. The van der Waals surface area contributed by atoms with Crippen molar-refractivity contribution in [3.05, 3.63) is 36.5 Å². The summed E-state index contributed by atoms with van der Waals surface area (Å²) < 4.78 is 35.6. The van der Waals surface area contributed by atoms with Gasteiger partial charge in [-0.25, -0.2) is 0 Å². The van der Waals surface area contributed by atoms with Crippen molar-refractivity contribution in [3.63, 3.8) is 0 Å². The number of fused-ring (bicyclic) bond motifs is 1. The van der Waals surface area contributed by atoms with Crippen LogP contribution in [0.4, 0.5) is 0 Å². The second-order valence-corrected chi connectivity index (χ2v) is 15.3. The van der Waals surface area contributed by atoms with E-state index < -0.39 is 84.2 Å². The average Bonchev–Trinajstić information content (AvgIpc) is 3.14. The Balaban J connectivity index is 1.55. The number of allylic oxidation sites excluding steroid dienone is 2. The largest absolute Gasteiger partial charge is 0.480 e. The summed E-state index contributed by atoms with van der Waals surface area (Å²) >= 11 is 0. The number of rotatable bonds is 21. The molecule has 56 heavy (non-hydrogen) atoms. The molecule has 1 amide bonds. The minimum absolute atomic E-state index is 0.00318. The molecule has 0 radical (unpaired) electrons. The van der Waals surface area contributed by atoms with E-state index in [1.807, 2.05) is 27.7 Å². The Labute approximate surface area is 329 Å². The molecule has 0 aliphatic carbocycles. The van der Waals surface area contributed by atoms with Gasteiger partial charge in [0, 0.05) is 45.1 Å². The summed E-state index contributed by atoms with van der Waals surface area (Å²) in [6, 6.07) is -0.780. The molecule has 320 valence electrons. The van der Waals surface area contributed by atoms with Gasteiger partial charge in [0.2, 0.25) is 5.79 Å². The van der Waals surface area contributed by atoms with Crippen molar-refractivity contribution in [2.24, 2.45) is 27.8 Å². The van der Waals surface area contributed by atoms with Crippen LogP contribution in [0.25, 0.3) is 0 Å². The van der Waals surface area contributed by atoms with Gasteiger partial charge in [-0.1, -0.05) is 57.2 Å². The highest BCUT2D eigenvalue weighted by Gasteiger charge is 2.58. The van der Waals surface area contributed by atoms with E-state index in [2.05, 4.69) is 22.2 Å². The fraction of sp³-hybridized carbons (Fsp3) is 0.763. The van der Waals surface area contributed by atoms with E-state index in [4.69, 9.17) is 39.9 Å². The number of carboxylic acid groups (broad SMARTS) is 1. The third-order valence-electron chi connectivity index (χ3n) is 11.0. The molecule has 0 saturated carbocycles. The van der Waals surface area contributed by atoms with Gasteiger partial charge in [0.25, 0.3) is 5.91 Å². The highest BCUT2D eigenvalue weighted by Crippen LogP contribution is 2.44. The van der Waals surface area contributed by atoms with Gasteiger partial charge in [-0.2, -0.15) is 0 Å². The Hall–Kier alpha value is -3.01. The summed E-state index contributed by atoms with van der Waals surface area (Å²) in [4.78, 5) is 28.8. The van der Waals surface area contributed by atoms with Crippen LogP contribution in [0.2, 0.25) is 0 Å². The van der Waals surface area contributed by atoms with E-state index in [0.29, 0.717) is 25.8 Å². The third kappa shape index (κ3) is 12.3. The molecule has 0 aromatic rings. The lowest BCUT2D eigenvalue weighted by molar-refractivity contribution is -0.339. The fourth-order valence-corrected chi connectivity index (χ4v) is 7.46. The zero-order chi connectivity index (χ0) is 41.8. The molecule has 0 bridgehead atoms. The number of carbonyl (C=O) groups excluding carboxylic acids is 1. The van der Waals surface area contributed by atoms with Crippen LogP contribution in [0.5, 0.6) is 0 Å². The molecular weight excluding hydrogens is 734 g/mol. The number of nitrogens with two attached hydrogens (primary N) is 2. The first kappa shape index (κ1) is 47.4. The van der Waals surface area contributed by atoms with Crippen molar-refractivity contribution < 1.29 is 63.5 Å². The van der Waals surface area contributed by atoms with Crippen LogP contribution in [-0.4, -0.2) is 150 Å². The SMILES string of the molecule is C=C1C[C@](OC)([C@H](O)C(=O)N[C@H]2OCO[C@H]3[C@@H]2O[C@H]([C@H](O)CCC[C@H](O)[C@H](O)/C=C/C=C/CN[C@@H](CCCN=C(N)N)C(=O)O)C(C)(C)[C@@H]3OC)O[C@H](C)[C@@H]1C. The molecule has 18 heteroatoms. The van der Waals surface area contributed by atoms with Gasteiger partial charge in [0.15, 0.2) is 18.3 Å². The molecule has 0 aromatic carbocycles. The molecule has 3 aliphatic heterocycles. The fourth-order valence-electron chi connectivity index (χ4n) is 7.46. The van der Waals surface area contributed by atoms with Crippen LogP contribution >= 0.6 is 0 Å². The Morgan fingerprint density at radius 3 is 2.39 bits per heavy atom. The van der Waals surface area contributed by atoms with Crippen molar-refractivity contribution in [2.75, 3.05) is 34.1 Å². The van der Waals surface area contributed by atoms with Gasteiger partial charge in [0.1, 0.15) is 25.0 Å². The van der Waals surface area contributed by atoms with E-state index in [-0.39, 0.29) is 50.6 Å². The quantitative estimate of drug-likeness (QED) is 0.0239. The summed E-state index contributed by atoms with van der Waals surface area (Å²) in [5, 5.41) is 58.8. The lowest BCUT2D eigenvalue weighted by Gasteiger charge is -2.55. The number of hydrogen-bond acceptors (Lipinski definition) is 14. The molecule has 3 heterocycles. The Morgan fingerprint density at radius 1 is 1.05 bits per heavy atom. The molecular formula is C38H65N5O13. The molecule has 0 aromatic heterocycles. The molecule has 3 rings (SSSR count). The van der Waals surface area contributed by atoms with E-state index in [1.165, 1.54) is 20.3 Å². The molecule has 3 fully saturated rings. The molecule has 3 aliphatic rings. The van der Waals surface area contributed by atoms with Gasteiger partial charge in [-0.15, -0.1) is 0 Å². The third-order valence-corrected chi connectivity index (χ3v) is 11.0. The number of guanidine groups is 1. The predicted octanol–water partition coefficient (Wildman–Crippen LogP) is -0.223. The predicted molar refractivity (Wildman–Crippen MR) is 205 cm³/mol. The lowest BCUT2D eigenvalue weighted by Crippen LogP contribution is -2.70. The number of aliphatic carboxylic acids is 1. The number of carboxylic acids is 1. The van der Waals surface area contributed by atoms with Crippen molar-refractivity contribution in [2.45, 2.75) is 139 Å². The van der Waals surface area contributed by atoms with Crippen LogP contribution in [0.1, 0.15) is 66.2 Å². The number of ether oxygens (including phenoxy) is 6. The topological polar surface area (TPSA) is 279 Å². The maximum atomic E-state index is 13.5. The molecule has 0 spiro atoms. The number of nitrogens with zero attached hydrogens (tertiary/aromatic N) is 1. The zero-order valence-corrected chi connectivity index (χ0v) is 33.4. The average molecular weight is 800 g/mol. The summed E-state index contributed by atoms with van der Waals surface area (Å²) in [6.07, 6.45) is -1.75. The smallest absolute Gasteiger partial charge is 0.320 e. The normalized spacial score (nSPS) is 32.0. The number of hydrogen-bond donors (Lipinski definition) is 9. The minimum atomic E-state index is -1.75. The van der Waals surface area contributed by atoms with Crippen LogP contribution in [0, 0.1) is 11.3 Å². The molecule has 11 N–H and O–H groups in total. The van der Waals surface area contributed by atoms with Crippen LogP contribution < -0.4 is 22.1 Å². The Kier molecular flexibility index (Phi) is 18.3. The van der Waals surface area contributed by atoms with Gasteiger partial charge in [-0.05, 0) is 39.0 Å². The number of aliphatic imine (C=N–C) groups is 1. The second-order valence-electron chi connectivity index (χ2n) is 15.3. The van der Waals surface area contributed by atoms with Gasteiger partial charge < -0.3 is 76.1 Å². The first-order chi connectivity index (χ1) is 26.4. The number of amides is 1. The van der Waals surface area contributed by atoms with Gasteiger partial charge in [-0.3, -0.25) is 14.6 Å².